The molecule has 0 rings (SSSR count). The second kappa shape index (κ2) is 5.73. The summed E-state index contributed by atoms with van der Waals surface area (Å²) in [6, 6.07) is 1.12. The van der Waals surface area contributed by atoms with Gasteiger partial charge in [-0.2, -0.15) is 0 Å². The molecule has 0 aliphatic carbocycles. The Morgan fingerprint density at radius 1 is 1.17 bits per heavy atom. The fourth-order valence-electron chi connectivity index (χ4n) is 0.992. The van der Waals surface area contributed by atoms with Crippen molar-refractivity contribution in [2.75, 3.05) is 6.61 Å². The molecule has 1 unspecified atom stereocenters. The van der Waals surface area contributed by atoms with Crippen molar-refractivity contribution in [2.45, 2.75) is 52.7 Å². The Labute approximate surface area is 78.1 Å². The quantitative estimate of drug-likeness (QED) is 0.620. The van der Waals surface area contributed by atoms with Gasteiger partial charge in [-0.3, -0.25) is 0 Å². The average molecular weight is 190 g/mol. The van der Waals surface area contributed by atoms with E-state index in [1.54, 1.807) is 0 Å². The summed E-state index contributed by atoms with van der Waals surface area (Å²) in [6.45, 7) is 11.2. The molecule has 0 fully saturated rings. The van der Waals surface area contributed by atoms with Crippen molar-refractivity contribution in [1.29, 1.82) is 0 Å². The zero-order chi connectivity index (χ0) is 9.61. The van der Waals surface area contributed by atoms with E-state index in [2.05, 4.69) is 27.7 Å². The van der Waals surface area contributed by atoms with Gasteiger partial charge in [0.05, 0.1) is 0 Å². The van der Waals surface area contributed by atoms with Crippen LogP contribution in [0.25, 0.3) is 0 Å². The molecule has 1 atom stereocenters. The first-order valence-electron chi connectivity index (χ1n) is 4.79. The molecule has 0 N–H and O–H groups in total. The largest absolute Gasteiger partial charge is 0.397 e. The molecule has 0 aromatic heterocycles. The molecule has 0 aliphatic rings. The maximum absolute atomic E-state index is 5.84. The monoisotopic (exact) mass is 190 g/mol. The Morgan fingerprint density at radius 2 is 1.75 bits per heavy atom. The summed E-state index contributed by atoms with van der Waals surface area (Å²) >= 11 is 0. The molecule has 74 valence electrons. The SMILES string of the molecule is CCC[SiH](OCC)OC(C)(C)C. The summed E-state index contributed by atoms with van der Waals surface area (Å²) in [6.07, 6.45) is 1.16. The van der Waals surface area contributed by atoms with Gasteiger partial charge in [-0.15, -0.1) is 0 Å². The Balaban J connectivity index is 3.77. The van der Waals surface area contributed by atoms with E-state index in [0.717, 1.165) is 19.1 Å². The van der Waals surface area contributed by atoms with Gasteiger partial charge in [-0.05, 0) is 33.7 Å². The van der Waals surface area contributed by atoms with Gasteiger partial charge in [0.15, 0.2) is 0 Å². The highest BCUT2D eigenvalue weighted by atomic mass is 28.3. The summed E-state index contributed by atoms with van der Waals surface area (Å²) in [7, 11) is -1.36. The van der Waals surface area contributed by atoms with Crippen molar-refractivity contribution in [3.05, 3.63) is 0 Å². The zero-order valence-corrected chi connectivity index (χ0v) is 10.2. The lowest BCUT2D eigenvalue weighted by atomic mass is 10.2. The maximum Gasteiger partial charge on any atom is 0.321 e. The molecule has 0 spiro atoms. The third kappa shape index (κ3) is 6.82. The van der Waals surface area contributed by atoms with E-state index in [1.807, 2.05) is 6.92 Å². The van der Waals surface area contributed by atoms with E-state index in [-0.39, 0.29) is 5.60 Å². The smallest absolute Gasteiger partial charge is 0.321 e. The standard InChI is InChI=1S/C9H22O2Si/c1-6-8-12(10-7-2)11-9(3,4)5/h12H,6-8H2,1-5H3. The van der Waals surface area contributed by atoms with Crippen molar-refractivity contribution >= 4 is 9.28 Å². The summed E-state index contributed by atoms with van der Waals surface area (Å²) in [5.74, 6) is 0. The molecule has 3 heteroatoms. The van der Waals surface area contributed by atoms with Gasteiger partial charge < -0.3 is 8.85 Å². The van der Waals surface area contributed by atoms with Crippen LogP contribution in [-0.4, -0.2) is 21.5 Å². The van der Waals surface area contributed by atoms with Gasteiger partial charge in [0, 0.05) is 12.2 Å². The molecule has 0 aliphatic heterocycles. The highest BCUT2D eigenvalue weighted by Gasteiger charge is 2.19. The first-order valence-corrected chi connectivity index (χ1v) is 6.55. The van der Waals surface area contributed by atoms with Crippen LogP contribution in [0.4, 0.5) is 0 Å². The molecule has 0 heterocycles. The van der Waals surface area contributed by atoms with Crippen LogP contribution >= 0.6 is 0 Å². The minimum Gasteiger partial charge on any atom is -0.397 e. The van der Waals surface area contributed by atoms with Crippen molar-refractivity contribution in [2.24, 2.45) is 0 Å². The van der Waals surface area contributed by atoms with Gasteiger partial charge in [-0.25, -0.2) is 0 Å². The fourth-order valence-corrected chi connectivity index (χ4v) is 2.98. The lowest BCUT2D eigenvalue weighted by Crippen LogP contribution is -2.33. The van der Waals surface area contributed by atoms with Gasteiger partial charge in [0.1, 0.15) is 0 Å². The Morgan fingerprint density at radius 3 is 2.08 bits per heavy atom. The molecule has 0 radical (unpaired) electrons. The zero-order valence-electron chi connectivity index (χ0n) is 9.02. The Bertz CT molecular complexity index is 104. The maximum atomic E-state index is 5.84. The van der Waals surface area contributed by atoms with Crippen molar-refractivity contribution < 1.29 is 8.85 Å². The van der Waals surface area contributed by atoms with E-state index in [9.17, 15) is 0 Å². The number of hydrogen-bond donors (Lipinski definition) is 0. The summed E-state index contributed by atoms with van der Waals surface area (Å²) < 4.78 is 11.4. The molecule has 0 bridgehead atoms. The second-order valence-electron chi connectivity index (χ2n) is 3.90. The normalized spacial score (nSPS) is 14.8. The van der Waals surface area contributed by atoms with Gasteiger partial charge in [0.25, 0.3) is 0 Å². The van der Waals surface area contributed by atoms with Crippen LogP contribution in [0, 0.1) is 0 Å². The van der Waals surface area contributed by atoms with Crippen LogP contribution in [0.15, 0.2) is 0 Å². The second-order valence-corrected chi connectivity index (χ2v) is 5.91. The van der Waals surface area contributed by atoms with Gasteiger partial charge >= 0.3 is 9.28 Å². The highest BCUT2D eigenvalue weighted by Crippen LogP contribution is 2.12. The topological polar surface area (TPSA) is 18.5 Å². The molecular formula is C9H22O2Si. The lowest BCUT2D eigenvalue weighted by Gasteiger charge is -2.26. The summed E-state index contributed by atoms with van der Waals surface area (Å²) in [4.78, 5) is 0. The van der Waals surface area contributed by atoms with Crippen LogP contribution in [-0.2, 0) is 8.85 Å². The summed E-state index contributed by atoms with van der Waals surface area (Å²) in [5, 5.41) is 0. The van der Waals surface area contributed by atoms with Gasteiger partial charge in [0.2, 0.25) is 0 Å². The van der Waals surface area contributed by atoms with E-state index < -0.39 is 9.28 Å². The predicted molar refractivity (Wildman–Crippen MR) is 54.7 cm³/mol. The fraction of sp³-hybridized carbons (Fsp3) is 1.00. The third-order valence-electron chi connectivity index (χ3n) is 1.36. The van der Waals surface area contributed by atoms with E-state index in [0.29, 0.717) is 0 Å². The first-order chi connectivity index (χ1) is 5.49. The van der Waals surface area contributed by atoms with Gasteiger partial charge in [-0.1, -0.05) is 13.3 Å². The molecule has 2 nitrogen and oxygen atoms in total. The third-order valence-corrected chi connectivity index (χ3v) is 4.09. The van der Waals surface area contributed by atoms with Crippen molar-refractivity contribution in [3.8, 4) is 0 Å². The van der Waals surface area contributed by atoms with E-state index in [4.69, 9.17) is 8.85 Å². The van der Waals surface area contributed by atoms with Crippen LogP contribution in [0.3, 0.4) is 0 Å². The molecule has 0 aromatic carbocycles. The molecule has 0 aromatic rings. The minimum absolute atomic E-state index is 0.0404. The predicted octanol–water partition coefficient (Wildman–Crippen LogP) is 2.47. The van der Waals surface area contributed by atoms with Crippen LogP contribution < -0.4 is 0 Å². The average Bonchev–Trinajstić information content (AvgIpc) is 1.84. The van der Waals surface area contributed by atoms with Crippen molar-refractivity contribution in [1.82, 2.24) is 0 Å². The highest BCUT2D eigenvalue weighted by molar-refractivity contribution is 6.44. The molecule has 0 saturated carbocycles. The van der Waals surface area contributed by atoms with E-state index in [1.165, 1.54) is 0 Å². The van der Waals surface area contributed by atoms with Crippen molar-refractivity contribution in [3.63, 3.8) is 0 Å². The van der Waals surface area contributed by atoms with Crippen LogP contribution in [0.1, 0.15) is 41.0 Å². The van der Waals surface area contributed by atoms with Crippen LogP contribution in [0.5, 0.6) is 0 Å². The number of rotatable bonds is 5. The molecule has 12 heavy (non-hydrogen) atoms. The first kappa shape index (κ1) is 12.1. The molecular weight excluding hydrogens is 168 g/mol. The lowest BCUT2D eigenvalue weighted by molar-refractivity contribution is 0.0840. The Kier molecular flexibility index (Phi) is 5.79. The Hall–Kier alpha value is 0.137. The van der Waals surface area contributed by atoms with Crippen LogP contribution in [0.2, 0.25) is 6.04 Å². The van der Waals surface area contributed by atoms with E-state index >= 15 is 0 Å². The number of hydrogen-bond acceptors (Lipinski definition) is 2. The minimum atomic E-state index is -1.36. The molecule has 0 saturated heterocycles. The molecule has 0 amide bonds. The summed E-state index contributed by atoms with van der Waals surface area (Å²) in [5.41, 5.74) is -0.0404.